The minimum absolute atomic E-state index is 0.263. The van der Waals surface area contributed by atoms with Gasteiger partial charge >= 0.3 is 5.97 Å². The maximum atomic E-state index is 11.5. The Labute approximate surface area is 136 Å². The first kappa shape index (κ1) is 19.7. The van der Waals surface area contributed by atoms with E-state index in [1.54, 1.807) is 0 Å². The van der Waals surface area contributed by atoms with E-state index < -0.39 is 30.5 Å². The molecule has 0 bridgehead atoms. The van der Waals surface area contributed by atoms with Crippen molar-refractivity contribution in [1.29, 1.82) is 0 Å². The van der Waals surface area contributed by atoms with Crippen LogP contribution < -0.4 is 0 Å². The van der Waals surface area contributed by atoms with Crippen molar-refractivity contribution >= 4 is 5.97 Å². The average molecular weight is 332 g/mol. The van der Waals surface area contributed by atoms with Gasteiger partial charge in [0, 0.05) is 6.61 Å². The van der Waals surface area contributed by atoms with E-state index in [4.69, 9.17) is 19.7 Å². The average Bonchev–Trinajstić information content (AvgIpc) is 2.83. The van der Waals surface area contributed by atoms with E-state index in [2.05, 4.69) is 0 Å². The molecule has 0 saturated heterocycles. The molecule has 7 nitrogen and oxygen atoms in total. The number of hydrogen-bond donors (Lipinski definition) is 4. The quantitative estimate of drug-likeness (QED) is 0.295. The van der Waals surface area contributed by atoms with Crippen LogP contribution in [-0.2, 0) is 14.3 Å². The van der Waals surface area contributed by atoms with Gasteiger partial charge < -0.3 is 29.9 Å². The second-order valence-corrected chi connectivity index (χ2v) is 5.69. The van der Waals surface area contributed by atoms with Gasteiger partial charge in [0.1, 0.15) is 6.10 Å². The van der Waals surface area contributed by atoms with Gasteiger partial charge in [0.25, 0.3) is 0 Å². The van der Waals surface area contributed by atoms with Crippen LogP contribution in [0.5, 0.6) is 0 Å². The number of rotatable bonds is 13. The van der Waals surface area contributed by atoms with Crippen molar-refractivity contribution in [3.05, 3.63) is 11.5 Å². The molecule has 0 radical (unpaired) electrons. The van der Waals surface area contributed by atoms with Crippen molar-refractivity contribution in [1.82, 2.24) is 0 Å². The number of aliphatic hydroxyl groups excluding tert-OH is 4. The second-order valence-electron chi connectivity index (χ2n) is 5.69. The lowest BCUT2D eigenvalue weighted by atomic mass is 10.1. The van der Waals surface area contributed by atoms with Gasteiger partial charge in [0.2, 0.25) is 5.76 Å². The Hall–Kier alpha value is -1.31. The summed E-state index contributed by atoms with van der Waals surface area (Å²) in [6.45, 7) is -0.0623. The molecule has 134 valence electrons. The molecule has 0 aromatic heterocycles. The van der Waals surface area contributed by atoms with Crippen LogP contribution in [-0.4, -0.2) is 58.4 Å². The molecule has 2 atom stereocenters. The maximum absolute atomic E-state index is 11.5. The predicted molar refractivity (Wildman–Crippen MR) is 82.6 cm³/mol. The fraction of sp³-hybridized carbons (Fsp3) is 0.812. The molecule has 0 aromatic carbocycles. The van der Waals surface area contributed by atoms with E-state index in [0.717, 1.165) is 51.4 Å². The third-order valence-corrected chi connectivity index (χ3v) is 3.76. The molecule has 0 amide bonds. The van der Waals surface area contributed by atoms with Crippen LogP contribution in [0.15, 0.2) is 11.5 Å². The van der Waals surface area contributed by atoms with Gasteiger partial charge in [-0.05, 0) is 12.8 Å². The van der Waals surface area contributed by atoms with E-state index in [0.29, 0.717) is 6.61 Å². The molecule has 0 fully saturated rings. The standard InChI is InChI=1S/C16H28O7/c17-9-7-5-3-1-2-4-6-8-10-22-15-13(20)14(12(19)11-18)23-16(15)21/h12,14,17-20H,1-11H2/t12-,14+/m0/s1. The monoisotopic (exact) mass is 332 g/mol. The van der Waals surface area contributed by atoms with Crippen LogP contribution in [0.1, 0.15) is 51.4 Å². The van der Waals surface area contributed by atoms with E-state index >= 15 is 0 Å². The lowest BCUT2D eigenvalue weighted by Gasteiger charge is -2.13. The van der Waals surface area contributed by atoms with Crippen LogP contribution in [0.3, 0.4) is 0 Å². The molecule has 1 rings (SSSR count). The number of esters is 1. The van der Waals surface area contributed by atoms with Gasteiger partial charge in [-0.15, -0.1) is 0 Å². The zero-order chi connectivity index (χ0) is 17.1. The number of carbonyl (C=O) groups is 1. The minimum atomic E-state index is -1.36. The normalized spacial score (nSPS) is 19.1. The fourth-order valence-electron chi connectivity index (χ4n) is 2.40. The molecule has 4 N–H and O–H groups in total. The Morgan fingerprint density at radius 2 is 1.57 bits per heavy atom. The van der Waals surface area contributed by atoms with Gasteiger partial charge in [-0.1, -0.05) is 38.5 Å². The van der Waals surface area contributed by atoms with Crippen LogP contribution in [0, 0.1) is 0 Å². The van der Waals surface area contributed by atoms with Crippen LogP contribution >= 0.6 is 0 Å². The van der Waals surface area contributed by atoms with Crippen molar-refractivity contribution in [2.75, 3.05) is 19.8 Å². The SMILES string of the molecule is O=C1O[C@H]([C@@H](O)CO)C(O)=C1OCCCCCCCCCCO. The number of aliphatic hydroxyl groups is 4. The van der Waals surface area contributed by atoms with Gasteiger partial charge in [-0.3, -0.25) is 0 Å². The van der Waals surface area contributed by atoms with Crippen LogP contribution in [0.25, 0.3) is 0 Å². The highest BCUT2D eigenvalue weighted by molar-refractivity contribution is 5.89. The summed E-state index contributed by atoms with van der Waals surface area (Å²) >= 11 is 0. The smallest absolute Gasteiger partial charge is 0.378 e. The number of ether oxygens (including phenoxy) is 2. The van der Waals surface area contributed by atoms with Gasteiger partial charge in [0.05, 0.1) is 13.2 Å². The maximum Gasteiger partial charge on any atom is 0.378 e. The van der Waals surface area contributed by atoms with Crippen molar-refractivity contribution in [2.24, 2.45) is 0 Å². The summed E-state index contributed by atoms with van der Waals surface area (Å²) in [5, 5.41) is 36.7. The second kappa shape index (κ2) is 11.3. The molecule has 1 heterocycles. The highest BCUT2D eigenvalue weighted by Gasteiger charge is 2.40. The molecule has 0 saturated carbocycles. The number of cyclic esters (lactones) is 1. The van der Waals surface area contributed by atoms with E-state index in [1.807, 2.05) is 0 Å². The van der Waals surface area contributed by atoms with Crippen molar-refractivity contribution in [3.8, 4) is 0 Å². The molecule has 1 aliphatic rings. The van der Waals surface area contributed by atoms with Gasteiger partial charge in [-0.2, -0.15) is 0 Å². The molecular formula is C16H28O7. The Kier molecular flexibility index (Phi) is 9.66. The highest BCUT2D eigenvalue weighted by atomic mass is 16.6. The molecule has 0 spiro atoms. The number of unbranched alkanes of at least 4 members (excludes halogenated alkanes) is 7. The summed E-state index contributed by atoms with van der Waals surface area (Å²) in [5.74, 6) is -1.55. The first-order valence-electron chi connectivity index (χ1n) is 8.28. The largest absolute Gasteiger partial charge is 0.505 e. The zero-order valence-electron chi connectivity index (χ0n) is 13.4. The minimum Gasteiger partial charge on any atom is -0.505 e. The number of hydrogen-bond acceptors (Lipinski definition) is 7. The Balaban J connectivity index is 2.13. The fourth-order valence-corrected chi connectivity index (χ4v) is 2.40. The molecule has 1 aliphatic heterocycles. The summed E-state index contributed by atoms with van der Waals surface area (Å²) < 4.78 is 10.0. The molecular weight excluding hydrogens is 304 g/mol. The summed E-state index contributed by atoms with van der Waals surface area (Å²) in [6, 6.07) is 0. The Morgan fingerprint density at radius 1 is 1.00 bits per heavy atom. The van der Waals surface area contributed by atoms with Gasteiger partial charge in [0.15, 0.2) is 11.9 Å². The van der Waals surface area contributed by atoms with Crippen LogP contribution in [0.4, 0.5) is 0 Å². The Morgan fingerprint density at radius 3 is 2.13 bits per heavy atom. The van der Waals surface area contributed by atoms with Crippen molar-refractivity contribution in [2.45, 2.75) is 63.6 Å². The summed E-state index contributed by atoms with van der Waals surface area (Å²) in [7, 11) is 0. The summed E-state index contributed by atoms with van der Waals surface area (Å²) in [5.41, 5.74) is 0. The highest BCUT2D eigenvalue weighted by Crippen LogP contribution is 2.24. The lowest BCUT2D eigenvalue weighted by Crippen LogP contribution is -2.31. The predicted octanol–water partition coefficient (Wildman–Crippen LogP) is 1.16. The molecule has 23 heavy (non-hydrogen) atoms. The lowest BCUT2D eigenvalue weighted by molar-refractivity contribution is -0.148. The summed E-state index contributed by atoms with van der Waals surface area (Å²) in [6.07, 6.45) is 5.55. The molecule has 0 aromatic rings. The van der Waals surface area contributed by atoms with Crippen molar-refractivity contribution in [3.63, 3.8) is 0 Å². The third kappa shape index (κ3) is 6.76. The van der Waals surface area contributed by atoms with Crippen LogP contribution in [0.2, 0.25) is 0 Å². The topological polar surface area (TPSA) is 116 Å². The van der Waals surface area contributed by atoms with Crippen molar-refractivity contribution < 1.29 is 34.7 Å². The third-order valence-electron chi connectivity index (χ3n) is 3.76. The first-order chi connectivity index (χ1) is 11.1. The summed E-state index contributed by atoms with van der Waals surface area (Å²) in [4.78, 5) is 11.5. The molecule has 0 aliphatic carbocycles. The van der Waals surface area contributed by atoms with E-state index in [9.17, 15) is 15.0 Å². The zero-order valence-corrected chi connectivity index (χ0v) is 13.4. The molecule has 0 unspecified atom stereocenters. The Bertz CT molecular complexity index is 381. The van der Waals surface area contributed by atoms with E-state index in [-0.39, 0.29) is 12.4 Å². The first-order valence-corrected chi connectivity index (χ1v) is 8.28. The molecule has 7 heteroatoms. The van der Waals surface area contributed by atoms with E-state index in [1.165, 1.54) is 0 Å². The number of carbonyl (C=O) groups excluding carboxylic acids is 1. The van der Waals surface area contributed by atoms with Gasteiger partial charge in [-0.25, -0.2) is 4.79 Å².